The van der Waals surface area contributed by atoms with Crippen molar-refractivity contribution >= 4 is 50.7 Å². The van der Waals surface area contributed by atoms with E-state index in [1.165, 1.54) is 4.57 Å². The van der Waals surface area contributed by atoms with Gasteiger partial charge in [-0.2, -0.15) is 0 Å². The van der Waals surface area contributed by atoms with Crippen molar-refractivity contribution in [2.24, 2.45) is 0 Å². The molecule has 0 spiro atoms. The van der Waals surface area contributed by atoms with E-state index in [4.69, 9.17) is 34.8 Å². The van der Waals surface area contributed by atoms with Crippen molar-refractivity contribution in [3.05, 3.63) is 31.0 Å². The van der Waals surface area contributed by atoms with E-state index in [1.54, 1.807) is 6.92 Å². The summed E-state index contributed by atoms with van der Waals surface area (Å²) < 4.78 is 0.581. The molecule has 1 fully saturated rings. The van der Waals surface area contributed by atoms with Gasteiger partial charge in [0.2, 0.25) is 0 Å². The highest BCUT2D eigenvalue weighted by molar-refractivity contribution is 9.10. The quantitative estimate of drug-likeness (QED) is 0.667. The molecule has 0 unspecified atom stereocenters. The van der Waals surface area contributed by atoms with Crippen LogP contribution in [-0.4, -0.2) is 9.13 Å². The lowest BCUT2D eigenvalue weighted by atomic mass is 9.95. The lowest BCUT2D eigenvalue weighted by Gasteiger charge is -2.26. The zero-order valence-electron chi connectivity index (χ0n) is 10.8. The fourth-order valence-electron chi connectivity index (χ4n) is 2.66. The van der Waals surface area contributed by atoms with Crippen molar-refractivity contribution < 1.29 is 0 Å². The van der Waals surface area contributed by atoms with Gasteiger partial charge < -0.3 is 0 Å². The first-order valence-electron chi connectivity index (χ1n) is 6.36. The monoisotopic (exact) mass is 402 g/mol. The second-order valence-corrected chi connectivity index (χ2v) is 7.97. The van der Waals surface area contributed by atoms with Crippen molar-refractivity contribution in [1.29, 1.82) is 0 Å². The Kier molecular flexibility index (Phi) is 4.95. The Bertz CT molecular complexity index is 627. The summed E-state index contributed by atoms with van der Waals surface area (Å²) in [5.74, 6) is 0. The van der Waals surface area contributed by atoms with E-state index in [0.29, 0.717) is 5.69 Å². The summed E-state index contributed by atoms with van der Waals surface area (Å²) in [6.45, 7) is 1.57. The van der Waals surface area contributed by atoms with Crippen LogP contribution >= 0.6 is 50.7 Å². The molecule has 0 aliphatic heterocycles. The van der Waals surface area contributed by atoms with Crippen molar-refractivity contribution in [3.63, 3.8) is 0 Å². The summed E-state index contributed by atoms with van der Waals surface area (Å²) in [5.41, 5.74) is -0.612. The molecule has 0 saturated heterocycles. The van der Waals surface area contributed by atoms with Crippen LogP contribution in [0.3, 0.4) is 0 Å². The average molecular weight is 405 g/mol. The molecule has 1 aromatic rings. The van der Waals surface area contributed by atoms with E-state index >= 15 is 0 Å². The highest BCUT2D eigenvalue weighted by Crippen LogP contribution is 2.33. The van der Waals surface area contributed by atoms with E-state index in [9.17, 15) is 9.59 Å². The van der Waals surface area contributed by atoms with Gasteiger partial charge in [0.1, 0.15) is 4.47 Å². The van der Waals surface area contributed by atoms with Gasteiger partial charge in [0, 0.05) is 11.7 Å². The topological polar surface area (TPSA) is 44.0 Å². The second kappa shape index (κ2) is 6.03. The first kappa shape index (κ1) is 16.4. The fourth-order valence-corrected chi connectivity index (χ4v) is 3.62. The number of hydrogen-bond acceptors (Lipinski definition) is 2. The number of hydrogen-bond donors (Lipinski definition) is 0. The first-order chi connectivity index (χ1) is 9.25. The van der Waals surface area contributed by atoms with Crippen LogP contribution in [0.4, 0.5) is 0 Å². The summed E-state index contributed by atoms with van der Waals surface area (Å²) in [4.78, 5) is 24.9. The van der Waals surface area contributed by atoms with Gasteiger partial charge in [0.05, 0.1) is 0 Å². The molecular formula is C12H14BrCl3N2O2. The minimum Gasteiger partial charge on any atom is -0.268 e. The van der Waals surface area contributed by atoms with Crippen LogP contribution in [0.1, 0.15) is 43.8 Å². The summed E-state index contributed by atoms with van der Waals surface area (Å²) in [6, 6.07) is -0.126. The lowest BCUT2D eigenvalue weighted by molar-refractivity contribution is 0.327. The Balaban J connectivity index is 2.72. The third-order valence-corrected chi connectivity index (χ3v) is 5.07. The minimum atomic E-state index is -1.92. The Hall–Kier alpha value is 0.0300. The zero-order chi connectivity index (χ0) is 15.1. The van der Waals surface area contributed by atoms with Gasteiger partial charge in [0.15, 0.2) is 0 Å². The molecule has 8 heteroatoms. The van der Waals surface area contributed by atoms with Crippen LogP contribution in [0.5, 0.6) is 0 Å². The molecule has 0 radical (unpaired) electrons. The third-order valence-electron chi connectivity index (χ3n) is 3.65. The Labute approximate surface area is 139 Å². The Morgan fingerprint density at radius 3 is 2.20 bits per heavy atom. The molecular weight excluding hydrogens is 390 g/mol. The molecule has 0 aromatic carbocycles. The molecule has 0 bridgehead atoms. The molecule has 0 atom stereocenters. The fraction of sp³-hybridized carbons (Fsp3) is 0.667. The van der Waals surface area contributed by atoms with Crippen LogP contribution in [0.15, 0.2) is 14.1 Å². The van der Waals surface area contributed by atoms with Crippen LogP contribution < -0.4 is 11.2 Å². The molecule has 4 nitrogen and oxygen atoms in total. The molecule has 0 N–H and O–H groups in total. The molecule has 20 heavy (non-hydrogen) atoms. The van der Waals surface area contributed by atoms with Gasteiger partial charge >= 0.3 is 5.69 Å². The van der Waals surface area contributed by atoms with E-state index in [1.807, 2.05) is 0 Å². The minimum absolute atomic E-state index is 0.126. The maximum absolute atomic E-state index is 12.6. The summed E-state index contributed by atoms with van der Waals surface area (Å²) in [6.07, 6.45) is 4.71. The molecule has 2 rings (SSSR count). The maximum atomic E-state index is 12.6. The SMILES string of the molecule is Cc1c(Br)c(=O)n(C2CCCCC2)c(=O)n1C(Cl)(Cl)Cl. The van der Waals surface area contributed by atoms with Crippen LogP contribution in [0.25, 0.3) is 0 Å². The van der Waals surface area contributed by atoms with Crippen molar-refractivity contribution in [3.8, 4) is 0 Å². The predicted octanol–water partition coefficient (Wildman–Crippen LogP) is 3.87. The smallest absolute Gasteiger partial charge is 0.268 e. The molecule has 1 aliphatic carbocycles. The van der Waals surface area contributed by atoms with Gasteiger partial charge in [-0.05, 0) is 35.7 Å². The third kappa shape index (κ3) is 2.96. The average Bonchev–Trinajstić information content (AvgIpc) is 2.36. The Morgan fingerprint density at radius 1 is 1.15 bits per heavy atom. The van der Waals surface area contributed by atoms with Crippen LogP contribution in [0, 0.1) is 6.92 Å². The Morgan fingerprint density at radius 2 is 1.70 bits per heavy atom. The van der Waals surface area contributed by atoms with Gasteiger partial charge in [-0.15, -0.1) is 0 Å². The van der Waals surface area contributed by atoms with E-state index in [-0.39, 0.29) is 16.1 Å². The van der Waals surface area contributed by atoms with E-state index < -0.39 is 9.61 Å². The summed E-state index contributed by atoms with van der Waals surface area (Å²) in [7, 11) is 0. The molecule has 1 aromatic heterocycles. The first-order valence-corrected chi connectivity index (χ1v) is 8.28. The van der Waals surface area contributed by atoms with Crippen molar-refractivity contribution in [2.75, 3.05) is 0 Å². The molecule has 1 heterocycles. The number of nitrogens with zero attached hydrogens (tertiary/aromatic N) is 2. The number of halogens is 4. The highest BCUT2D eigenvalue weighted by Gasteiger charge is 2.31. The molecule has 0 amide bonds. The second-order valence-electron chi connectivity index (χ2n) is 4.95. The molecule has 112 valence electrons. The van der Waals surface area contributed by atoms with Crippen LogP contribution in [-0.2, 0) is 3.92 Å². The van der Waals surface area contributed by atoms with Gasteiger partial charge in [-0.1, -0.05) is 54.1 Å². The normalized spacial score (nSPS) is 17.4. The number of alkyl halides is 3. The lowest BCUT2D eigenvalue weighted by Crippen LogP contribution is -2.46. The summed E-state index contributed by atoms with van der Waals surface area (Å²) >= 11 is 20.8. The zero-order valence-corrected chi connectivity index (χ0v) is 14.7. The predicted molar refractivity (Wildman–Crippen MR) is 85.1 cm³/mol. The van der Waals surface area contributed by atoms with E-state index in [0.717, 1.165) is 36.7 Å². The van der Waals surface area contributed by atoms with Gasteiger partial charge in [-0.25, -0.2) is 4.79 Å². The molecule has 1 aliphatic rings. The molecule has 1 saturated carbocycles. The van der Waals surface area contributed by atoms with Gasteiger partial charge in [0.25, 0.3) is 9.48 Å². The number of aromatic nitrogens is 2. The maximum Gasteiger partial charge on any atom is 0.334 e. The van der Waals surface area contributed by atoms with E-state index in [2.05, 4.69) is 15.9 Å². The number of rotatable bonds is 1. The highest BCUT2D eigenvalue weighted by atomic mass is 79.9. The standard InChI is InChI=1S/C12H14BrCl3N2O2/c1-7-9(13)10(19)17(8-5-3-2-4-6-8)11(20)18(7)12(14,15)16/h8H,2-6H2,1H3. The van der Waals surface area contributed by atoms with Gasteiger partial charge in [-0.3, -0.25) is 13.9 Å². The van der Waals surface area contributed by atoms with Crippen LogP contribution in [0.2, 0.25) is 0 Å². The summed E-state index contributed by atoms with van der Waals surface area (Å²) in [5, 5.41) is 0. The van der Waals surface area contributed by atoms with Crippen molar-refractivity contribution in [2.45, 2.75) is 49.0 Å². The van der Waals surface area contributed by atoms with Crippen molar-refractivity contribution in [1.82, 2.24) is 9.13 Å². The largest absolute Gasteiger partial charge is 0.334 e.